The van der Waals surface area contributed by atoms with Crippen LogP contribution in [0.15, 0.2) is 70.6 Å². The molecular formula is C28H26ClIN2O5S. The van der Waals surface area contributed by atoms with Crippen molar-refractivity contribution in [2.45, 2.75) is 6.61 Å². The summed E-state index contributed by atoms with van der Waals surface area (Å²) >= 11 is 9.52. The van der Waals surface area contributed by atoms with Crippen molar-refractivity contribution in [3.63, 3.8) is 0 Å². The minimum Gasteiger partial charge on any atom is -0.497 e. The zero-order valence-corrected chi connectivity index (χ0v) is 24.8. The Morgan fingerprint density at radius 2 is 1.76 bits per heavy atom. The summed E-state index contributed by atoms with van der Waals surface area (Å²) in [5.41, 5.74) is 2.53. The van der Waals surface area contributed by atoms with Gasteiger partial charge in [0.1, 0.15) is 12.4 Å². The van der Waals surface area contributed by atoms with E-state index in [-0.39, 0.29) is 5.91 Å². The second-order valence-electron chi connectivity index (χ2n) is 8.10. The van der Waals surface area contributed by atoms with E-state index in [9.17, 15) is 4.79 Å². The van der Waals surface area contributed by atoms with Gasteiger partial charge in [-0.2, -0.15) is 0 Å². The Kier molecular flexibility index (Phi) is 9.95. The Morgan fingerprint density at radius 3 is 2.42 bits per heavy atom. The lowest BCUT2D eigenvalue weighted by molar-refractivity contribution is -0.122. The first kappa shape index (κ1) is 28.3. The van der Waals surface area contributed by atoms with Gasteiger partial charge >= 0.3 is 0 Å². The third kappa shape index (κ3) is 7.02. The molecule has 38 heavy (non-hydrogen) atoms. The summed E-state index contributed by atoms with van der Waals surface area (Å²) in [6, 6.07) is 18.7. The van der Waals surface area contributed by atoms with Crippen LogP contribution in [0, 0.1) is 3.57 Å². The fourth-order valence-electron chi connectivity index (χ4n) is 3.59. The first-order chi connectivity index (χ1) is 18.4. The molecule has 0 radical (unpaired) electrons. The van der Waals surface area contributed by atoms with Crippen LogP contribution in [0.2, 0.25) is 5.02 Å². The van der Waals surface area contributed by atoms with Gasteiger partial charge in [-0.25, -0.2) is 4.99 Å². The van der Waals surface area contributed by atoms with Crippen molar-refractivity contribution in [3.05, 3.63) is 85.3 Å². The van der Waals surface area contributed by atoms with Crippen molar-refractivity contribution in [2.24, 2.45) is 4.99 Å². The molecule has 7 nitrogen and oxygen atoms in total. The van der Waals surface area contributed by atoms with E-state index in [4.69, 9.17) is 35.5 Å². The van der Waals surface area contributed by atoms with Gasteiger partial charge in [-0.1, -0.05) is 23.7 Å². The molecule has 198 valence electrons. The number of carbonyl (C=O) groups excluding carboxylic acids is 1. The number of ether oxygens (including phenoxy) is 4. The normalized spacial score (nSPS) is 15.4. The van der Waals surface area contributed by atoms with Crippen molar-refractivity contribution in [2.75, 3.05) is 34.5 Å². The van der Waals surface area contributed by atoms with E-state index < -0.39 is 0 Å². The molecule has 1 saturated heterocycles. The molecule has 0 saturated carbocycles. The van der Waals surface area contributed by atoms with Crippen LogP contribution in [0.25, 0.3) is 6.08 Å². The third-order valence-electron chi connectivity index (χ3n) is 5.55. The number of halogens is 2. The number of rotatable bonds is 10. The molecule has 1 aliphatic rings. The van der Waals surface area contributed by atoms with Crippen LogP contribution in [0.5, 0.6) is 17.2 Å². The number of methoxy groups -OCH3 is 3. The zero-order valence-electron chi connectivity index (χ0n) is 21.1. The molecule has 3 aromatic carbocycles. The summed E-state index contributed by atoms with van der Waals surface area (Å²) in [5, 5.41) is 1.27. The van der Waals surface area contributed by atoms with E-state index in [1.807, 2.05) is 66.7 Å². The SMILES string of the molecule is COCCN1C(=O)/C(=C\c2cc(I)c(OCc3ccc(Cl)cc3)c(OC)c2)SC1=Nc1ccc(OC)cc1. The summed E-state index contributed by atoms with van der Waals surface area (Å²) in [6.07, 6.45) is 1.84. The first-order valence-corrected chi connectivity index (χ1v) is 13.9. The van der Waals surface area contributed by atoms with Crippen LogP contribution in [0.1, 0.15) is 11.1 Å². The van der Waals surface area contributed by atoms with Crippen LogP contribution in [-0.4, -0.2) is 50.5 Å². The largest absolute Gasteiger partial charge is 0.497 e. The number of carbonyl (C=O) groups is 1. The maximum absolute atomic E-state index is 13.3. The van der Waals surface area contributed by atoms with E-state index in [0.717, 1.165) is 26.1 Å². The lowest BCUT2D eigenvalue weighted by Crippen LogP contribution is -2.32. The number of nitrogens with zero attached hydrogens (tertiary/aromatic N) is 2. The second-order valence-corrected chi connectivity index (χ2v) is 10.7. The van der Waals surface area contributed by atoms with E-state index in [1.165, 1.54) is 11.8 Å². The molecule has 0 aliphatic carbocycles. The van der Waals surface area contributed by atoms with Gasteiger partial charge in [0, 0.05) is 12.1 Å². The molecule has 0 bridgehead atoms. The number of hydrogen-bond donors (Lipinski definition) is 0. The molecule has 0 atom stereocenters. The summed E-state index contributed by atoms with van der Waals surface area (Å²) in [4.78, 5) is 20.2. The van der Waals surface area contributed by atoms with E-state index in [1.54, 1.807) is 26.2 Å². The Labute approximate surface area is 244 Å². The Bertz CT molecular complexity index is 1350. The maximum Gasteiger partial charge on any atom is 0.266 e. The van der Waals surface area contributed by atoms with Crippen molar-refractivity contribution >= 4 is 68.8 Å². The Morgan fingerprint density at radius 1 is 1.03 bits per heavy atom. The average Bonchev–Trinajstić information content (AvgIpc) is 3.21. The number of amidine groups is 1. The summed E-state index contributed by atoms with van der Waals surface area (Å²) in [5.74, 6) is 1.83. The van der Waals surface area contributed by atoms with Crippen molar-refractivity contribution in [3.8, 4) is 17.2 Å². The monoisotopic (exact) mass is 664 g/mol. The van der Waals surface area contributed by atoms with Crippen LogP contribution in [-0.2, 0) is 16.1 Å². The molecule has 1 fully saturated rings. The number of thioether (sulfide) groups is 1. The smallest absolute Gasteiger partial charge is 0.266 e. The molecule has 1 aliphatic heterocycles. The highest BCUT2D eigenvalue weighted by Crippen LogP contribution is 2.38. The maximum atomic E-state index is 13.3. The van der Waals surface area contributed by atoms with Crippen LogP contribution < -0.4 is 14.2 Å². The predicted molar refractivity (Wildman–Crippen MR) is 161 cm³/mol. The van der Waals surface area contributed by atoms with Gasteiger partial charge in [0.2, 0.25) is 0 Å². The molecule has 1 amide bonds. The molecule has 10 heteroatoms. The van der Waals surface area contributed by atoms with E-state index in [2.05, 4.69) is 22.6 Å². The average molecular weight is 665 g/mol. The first-order valence-electron chi connectivity index (χ1n) is 11.6. The minimum atomic E-state index is -0.128. The summed E-state index contributed by atoms with van der Waals surface area (Å²) in [7, 11) is 4.82. The lowest BCUT2D eigenvalue weighted by atomic mass is 10.1. The van der Waals surface area contributed by atoms with Gasteiger partial charge in [0.25, 0.3) is 5.91 Å². The highest BCUT2D eigenvalue weighted by molar-refractivity contribution is 14.1. The molecular weight excluding hydrogens is 639 g/mol. The fourth-order valence-corrected chi connectivity index (χ4v) is 5.52. The molecule has 0 unspecified atom stereocenters. The minimum absolute atomic E-state index is 0.128. The van der Waals surface area contributed by atoms with Crippen LogP contribution in [0.4, 0.5) is 5.69 Å². The summed E-state index contributed by atoms with van der Waals surface area (Å²) < 4.78 is 23.0. The standard InChI is InChI=1S/C28H26ClIN2O5S/c1-34-13-12-32-27(33)25(38-28(32)31-21-8-10-22(35-2)11-9-21)16-19-14-23(30)26(24(15-19)36-3)37-17-18-4-6-20(29)7-5-18/h4-11,14-16H,12-13,17H2,1-3H3/b25-16+,31-28?. The number of hydrogen-bond acceptors (Lipinski definition) is 7. The third-order valence-corrected chi connectivity index (χ3v) is 7.61. The van der Waals surface area contributed by atoms with Gasteiger partial charge < -0.3 is 18.9 Å². The molecule has 4 rings (SSSR count). The molecule has 3 aromatic rings. The summed E-state index contributed by atoms with van der Waals surface area (Å²) in [6.45, 7) is 1.16. The zero-order chi connectivity index (χ0) is 27.1. The van der Waals surface area contributed by atoms with Gasteiger partial charge in [-0.3, -0.25) is 9.69 Å². The lowest BCUT2D eigenvalue weighted by Gasteiger charge is -2.15. The van der Waals surface area contributed by atoms with Crippen LogP contribution in [0.3, 0.4) is 0 Å². The van der Waals surface area contributed by atoms with Gasteiger partial charge in [-0.05, 0) is 100 Å². The Balaban J connectivity index is 1.59. The Hall–Kier alpha value is -2.73. The quantitative estimate of drug-likeness (QED) is 0.176. The molecule has 1 heterocycles. The number of benzene rings is 3. The van der Waals surface area contributed by atoms with Gasteiger partial charge in [0.05, 0.1) is 41.5 Å². The highest BCUT2D eigenvalue weighted by atomic mass is 127. The van der Waals surface area contributed by atoms with E-state index in [0.29, 0.717) is 46.4 Å². The molecule has 0 N–H and O–H groups in total. The van der Waals surface area contributed by atoms with E-state index >= 15 is 0 Å². The van der Waals surface area contributed by atoms with Crippen molar-refractivity contribution < 1.29 is 23.7 Å². The molecule has 0 aromatic heterocycles. The highest BCUT2D eigenvalue weighted by Gasteiger charge is 2.33. The van der Waals surface area contributed by atoms with Crippen molar-refractivity contribution in [1.82, 2.24) is 4.90 Å². The topological polar surface area (TPSA) is 69.6 Å². The molecule has 0 spiro atoms. The second kappa shape index (κ2) is 13.4. The number of aliphatic imine (C=N–C) groups is 1. The van der Waals surface area contributed by atoms with Gasteiger partial charge in [-0.15, -0.1) is 0 Å². The van der Waals surface area contributed by atoms with Crippen LogP contribution >= 0.6 is 46.0 Å². The predicted octanol–water partition coefficient (Wildman–Crippen LogP) is 6.79. The van der Waals surface area contributed by atoms with Crippen molar-refractivity contribution in [1.29, 1.82) is 0 Å². The van der Waals surface area contributed by atoms with Gasteiger partial charge in [0.15, 0.2) is 16.7 Å². The number of amides is 1. The fraction of sp³-hybridized carbons (Fsp3) is 0.214.